The molecule has 6 nitrogen and oxygen atoms in total. The van der Waals surface area contributed by atoms with Crippen LogP contribution >= 0.6 is 0 Å². The molecule has 0 spiro atoms. The molecule has 0 amide bonds. The molecule has 1 aliphatic heterocycles. The van der Waals surface area contributed by atoms with E-state index in [1.165, 1.54) is 18.1 Å². The minimum Gasteiger partial charge on any atom is -0.454 e. The van der Waals surface area contributed by atoms with Crippen molar-refractivity contribution in [2.45, 2.75) is 45.4 Å². The lowest BCUT2D eigenvalue weighted by atomic mass is 10.0. The van der Waals surface area contributed by atoms with Crippen molar-refractivity contribution in [2.24, 2.45) is 0 Å². The van der Waals surface area contributed by atoms with Crippen molar-refractivity contribution < 1.29 is 28.5 Å². The molecule has 0 fully saturated rings. The van der Waals surface area contributed by atoms with Crippen molar-refractivity contribution in [1.29, 1.82) is 0 Å². The topological polar surface area (TPSA) is 71.1 Å². The molecule has 0 unspecified atom stereocenters. The zero-order valence-corrected chi connectivity index (χ0v) is 15.6. The second-order valence-electron chi connectivity index (χ2n) is 6.03. The van der Waals surface area contributed by atoms with Crippen LogP contribution in [-0.2, 0) is 20.7 Å². The predicted octanol–water partition coefficient (Wildman–Crippen LogP) is 4.72. The van der Waals surface area contributed by atoms with E-state index in [0.29, 0.717) is 6.79 Å². The molecule has 0 N–H and O–H groups in total. The highest BCUT2D eigenvalue weighted by Gasteiger charge is 2.12. The molecule has 0 aliphatic carbocycles. The Balaban J connectivity index is 1.49. The van der Waals surface area contributed by atoms with Crippen molar-refractivity contribution >= 4 is 12.1 Å². The fourth-order valence-corrected chi connectivity index (χ4v) is 2.61. The van der Waals surface area contributed by atoms with Crippen LogP contribution < -0.4 is 9.47 Å². The Hall–Kier alpha value is -2.76. The molecule has 6 heteroatoms. The van der Waals surface area contributed by atoms with Gasteiger partial charge in [0.05, 0.1) is 6.61 Å². The van der Waals surface area contributed by atoms with E-state index < -0.39 is 12.1 Å². The van der Waals surface area contributed by atoms with Gasteiger partial charge in [-0.2, -0.15) is 0 Å². The first-order valence-electron chi connectivity index (χ1n) is 9.29. The third-order valence-electron chi connectivity index (χ3n) is 3.95. The van der Waals surface area contributed by atoms with Gasteiger partial charge in [0, 0.05) is 6.08 Å². The van der Waals surface area contributed by atoms with Crippen LogP contribution in [0.3, 0.4) is 0 Å². The molecule has 0 bridgehead atoms. The van der Waals surface area contributed by atoms with E-state index in [4.69, 9.17) is 9.47 Å². The second-order valence-corrected chi connectivity index (χ2v) is 6.03. The van der Waals surface area contributed by atoms with Crippen LogP contribution in [0.1, 0.15) is 44.6 Å². The average molecular weight is 374 g/mol. The van der Waals surface area contributed by atoms with Gasteiger partial charge in [-0.3, -0.25) is 0 Å². The monoisotopic (exact) mass is 374 g/mol. The molecular formula is C21H26O6. The van der Waals surface area contributed by atoms with Gasteiger partial charge in [-0.25, -0.2) is 9.59 Å². The molecule has 1 aliphatic rings. The number of hydrogen-bond donors (Lipinski definition) is 0. The molecule has 1 aromatic carbocycles. The lowest BCUT2D eigenvalue weighted by molar-refractivity contribution is -0.134. The van der Waals surface area contributed by atoms with Gasteiger partial charge in [-0.15, -0.1) is 0 Å². The summed E-state index contributed by atoms with van der Waals surface area (Å²) in [6.07, 6.45) is 12.1. The molecule has 1 aromatic rings. The van der Waals surface area contributed by atoms with Gasteiger partial charge in [-0.1, -0.05) is 37.1 Å². The summed E-state index contributed by atoms with van der Waals surface area (Å²) < 4.78 is 19.6. The van der Waals surface area contributed by atoms with Crippen molar-refractivity contribution in [1.82, 2.24) is 0 Å². The van der Waals surface area contributed by atoms with Crippen molar-refractivity contribution in [3.63, 3.8) is 0 Å². The van der Waals surface area contributed by atoms with Crippen molar-refractivity contribution in [2.75, 3.05) is 13.4 Å². The molecule has 0 saturated heterocycles. The molecule has 0 radical (unpaired) electrons. The summed E-state index contributed by atoms with van der Waals surface area (Å²) in [7, 11) is 0. The molecule has 0 atom stereocenters. The number of rotatable bonds is 10. The summed E-state index contributed by atoms with van der Waals surface area (Å²) in [5.74, 6) is 0.937. The lowest BCUT2D eigenvalue weighted by Gasteiger charge is -2.03. The minimum absolute atomic E-state index is 0.173. The quantitative estimate of drug-likeness (QED) is 0.194. The molecule has 27 heavy (non-hydrogen) atoms. The number of ether oxygens (including phenoxy) is 4. The van der Waals surface area contributed by atoms with Crippen LogP contribution in [0.5, 0.6) is 11.5 Å². The third-order valence-corrected chi connectivity index (χ3v) is 3.95. The summed E-state index contributed by atoms with van der Waals surface area (Å²) >= 11 is 0. The molecule has 0 aromatic heterocycles. The summed E-state index contributed by atoms with van der Waals surface area (Å²) in [5.41, 5.74) is 1.28. The van der Waals surface area contributed by atoms with Crippen LogP contribution in [0.2, 0.25) is 0 Å². The van der Waals surface area contributed by atoms with Gasteiger partial charge in [0.1, 0.15) is 0 Å². The first-order valence-corrected chi connectivity index (χ1v) is 9.29. The average Bonchev–Trinajstić information content (AvgIpc) is 3.11. The van der Waals surface area contributed by atoms with Crippen LogP contribution in [0, 0.1) is 0 Å². The second kappa shape index (κ2) is 11.8. The Kier molecular flexibility index (Phi) is 8.96. The van der Waals surface area contributed by atoms with Gasteiger partial charge in [0.2, 0.25) is 6.79 Å². The molecule has 2 rings (SSSR count). The maximum atomic E-state index is 11.3. The Morgan fingerprint density at radius 3 is 2.74 bits per heavy atom. The number of hydrogen-bond acceptors (Lipinski definition) is 6. The van der Waals surface area contributed by atoms with E-state index >= 15 is 0 Å². The highest BCUT2D eigenvalue weighted by Crippen LogP contribution is 2.32. The zero-order chi connectivity index (χ0) is 19.3. The number of fused-ring (bicyclic) bond motifs is 1. The smallest absolute Gasteiger partial charge is 0.454 e. The summed E-state index contributed by atoms with van der Waals surface area (Å²) in [5, 5.41) is 0. The number of carbonyl (C=O) groups is 2. The molecule has 0 saturated carbocycles. The summed E-state index contributed by atoms with van der Waals surface area (Å²) in [6, 6.07) is 6.12. The summed E-state index contributed by atoms with van der Waals surface area (Å²) in [6.45, 7) is 2.13. The van der Waals surface area contributed by atoms with E-state index in [9.17, 15) is 9.59 Å². The highest BCUT2D eigenvalue weighted by atomic mass is 16.7. The predicted molar refractivity (Wildman–Crippen MR) is 101 cm³/mol. The number of allylic oxidation sites excluding steroid dienone is 3. The van der Waals surface area contributed by atoms with Crippen LogP contribution in [0.15, 0.2) is 42.5 Å². The molecular weight excluding hydrogens is 348 g/mol. The maximum absolute atomic E-state index is 11.3. The number of aryl methyl sites for hydroxylation is 1. The van der Waals surface area contributed by atoms with Gasteiger partial charge in [0.15, 0.2) is 11.5 Å². The third kappa shape index (κ3) is 7.98. The Morgan fingerprint density at radius 1 is 1.07 bits per heavy atom. The SMILES string of the molecule is CCOC(=O)OC(=O)/C=C/C=C/CCCCCCc1ccc2c(c1)OCO2. The molecule has 146 valence electrons. The fraction of sp³-hybridized carbons (Fsp3) is 0.429. The summed E-state index contributed by atoms with van der Waals surface area (Å²) in [4.78, 5) is 22.2. The van der Waals surface area contributed by atoms with Gasteiger partial charge in [0.25, 0.3) is 0 Å². The first-order chi connectivity index (χ1) is 13.2. The largest absolute Gasteiger partial charge is 0.516 e. The standard InChI is InChI=1S/C21H26O6/c1-2-24-21(23)27-20(22)12-10-8-6-4-3-5-7-9-11-17-13-14-18-19(15-17)26-16-25-18/h6,8,10,12-15H,2-5,7,9,11,16H2,1H3/b8-6+,12-10+. The zero-order valence-electron chi connectivity index (χ0n) is 15.6. The van der Waals surface area contributed by atoms with Crippen LogP contribution in [-0.4, -0.2) is 25.5 Å². The van der Waals surface area contributed by atoms with Crippen LogP contribution in [0.25, 0.3) is 0 Å². The highest BCUT2D eigenvalue weighted by molar-refractivity contribution is 5.89. The Morgan fingerprint density at radius 2 is 1.89 bits per heavy atom. The van der Waals surface area contributed by atoms with E-state index in [1.807, 2.05) is 12.1 Å². The maximum Gasteiger partial charge on any atom is 0.516 e. The van der Waals surface area contributed by atoms with E-state index in [0.717, 1.165) is 43.6 Å². The van der Waals surface area contributed by atoms with Gasteiger partial charge < -0.3 is 18.9 Å². The Bertz CT molecular complexity index is 677. The number of benzene rings is 1. The lowest BCUT2D eigenvalue weighted by Crippen LogP contribution is -2.11. The number of carbonyl (C=O) groups excluding carboxylic acids is 2. The van der Waals surface area contributed by atoms with E-state index in [2.05, 4.69) is 21.6 Å². The minimum atomic E-state index is -0.975. The first kappa shape index (κ1) is 20.6. The van der Waals surface area contributed by atoms with Gasteiger partial charge in [-0.05, 0) is 50.3 Å². The van der Waals surface area contributed by atoms with E-state index in [-0.39, 0.29) is 6.61 Å². The normalized spacial score (nSPS) is 12.6. The van der Waals surface area contributed by atoms with Crippen molar-refractivity contribution in [3.05, 3.63) is 48.1 Å². The fourth-order valence-electron chi connectivity index (χ4n) is 2.61. The Labute approximate surface area is 159 Å². The molecule has 1 heterocycles. The number of unbranched alkanes of at least 4 members (excludes halogenated alkanes) is 4. The van der Waals surface area contributed by atoms with E-state index in [1.54, 1.807) is 19.1 Å². The van der Waals surface area contributed by atoms with Crippen molar-refractivity contribution in [3.8, 4) is 11.5 Å². The number of esters is 1. The van der Waals surface area contributed by atoms with Gasteiger partial charge >= 0.3 is 12.1 Å². The van der Waals surface area contributed by atoms with Crippen LogP contribution in [0.4, 0.5) is 4.79 Å².